The van der Waals surface area contributed by atoms with Crippen LogP contribution >= 0.6 is 0 Å². The highest BCUT2D eigenvalue weighted by atomic mass is 19.2. The van der Waals surface area contributed by atoms with Gasteiger partial charge in [-0.15, -0.1) is 0 Å². The van der Waals surface area contributed by atoms with Crippen molar-refractivity contribution < 1.29 is 27.0 Å². The molecule has 0 aromatic heterocycles. The van der Waals surface area contributed by atoms with Gasteiger partial charge in [-0.3, -0.25) is 0 Å². The first-order valence-corrected chi connectivity index (χ1v) is 10.4. The van der Waals surface area contributed by atoms with Crippen LogP contribution in [0.2, 0.25) is 0 Å². The van der Waals surface area contributed by atoms with E-state index in [2.05, 4.69) is 6.92 Å². The second kappa shape index (κ2) is 12.4. The summed E-state index contributed by atoms with van der Waals surface area (Å²) in [5.74, 6) is -7.63. The molecule has 0 fully saturated rings. The topological polar surface area (TPSA) is 18.5 Å². The molecule has 0 saturated heterocycles. The van der Waals surface area contributed by atoms with E-state index in [1.165, 1.54) is 12.8 Å². The molecule has 0 heterocycles. The number of rotatable bonds is 14. The maximum absolute atomic E-state index is 14.2. The summed E-state index contributed by atoms with van der Waals surface area (Å²) >= 11 is 0. The van der Waals surface area contributed by atoms with Gasteiger partial charge < -0.3 is 9.47 Å². The van der Waals surface area contributed by atoms with Crippen LogP contribution in [0.4, 0.5) is 17.6 Å². The number of hydrogen-bond acceptors (Lipinski definition) is 2. The van der Waals surface area contributed by atoms with E-state index in [1.807, 2.05) is 13.8 Å². The van der Waals surface area contributed by atoms with Crippen molar-refractivity contribution in [3.8, 4) is 0 Å². The van der Waals surface area contributed by atoms with Gasteiger partial charge in [-0.25, -0.2) is 17.6 Å². The molecule has 0 saturated carbocycles. The van der Waals surface area contributed by atoms with Gasteiger partial charge in [0.2, 0.25) is 0 Å². The first-order chi connectivity index (χ1) is 13.3. The number of ether oxygens (including phenoxy) is 2. The minimum atomic E-state index is -1.79. The van der Waals surface area contributed by atoms with E-state index in [1.54, 1.807) is 6.92 Å². The van der Waals surface area contributed by atoms with Crippen LogP contribution in [0.25, 0.3) is 0 Å². The van der Waals surface area contributed by atoms with Gasteiger partial charge in [0.25, 0.3) is 0 Å². The van der Waals surface area contributed by atoms with Crippen LogP contribution in [0.15, 0.2) is 6.07 Å². The fourth-order valence-corrected chi connectivity index (χ4v) is 3.61. The van der Waals surface area contributed by atoms with Gasteiger partial charge in [-0.05, 0) is 45.2 Å². The van der Waals surface area contributed by atoms with E-state index >= 15 is 0 Å². The van der Waals surface area contributed by atoms with Gasteiger partial charge in [0, 0.05) is 19.1 Å². The Balaban J connectivity index is 3.00. The Bertz CT molecular complexity index is 586. The zero-order valence-corrected chi connectivity index (χ0v) is 17.6. The smallest absolute Gasteiger partial charge is 0.197 e. The fourth-order valence-electron chi connectivity index (χ4n) is 3.61. The van der Waals surface area contributed by atoms with Crippen molar-refractivity contribution in [3.63, 3.8) is 0 Å². The quantitative estimate of drug-likeness (QED) is 0.109. The highest BCUT2D eigenvalue weighted by Crippen LogP contribution is 2.33. The normalized spacial score (nSPS) is 13.1. The third kappa shape index (κ3) is 7.03. The molecule has 1 aromatic rings. The molecule has 28 heavy (non-hydrogen) atoms. The predicted octanol–water partition coefficient (Wildman–Crippen LogP) is 6.94. The number of unbranched alkanes of at least 4 members (excludes halogenated alkanes) is 5. The summed E-state index contributed by atoms with van der Waals surface area (Å²) in [4.78, 5) is 0. The van der Waals surface area contributed by atoms with E-state index in [0.29, 0.717) is 19.6 Å². The minimum Gasteiger partial charge on any atom is -0.350 e. The van der Waals surface area contributed by atoms with Crippen molar-refractivity contribution in [1.82, 2.24) is 0 Å². The van der Waals surface area contributed by atoms with Gasteiger partial charge in [0.1, 0.15) is 0 Å². The number of hydrogen-bond donors (Lipinski definition) is 0. The Morgan fingerprint density at radius 3 is 1.96 bits per heavy atom. The summed E-state index contributed by atoms with van der Waals surface area (Å²) in [6.45, 7) is 8.36. The van der Waals surface area contributed by atoms with Crippen molar-refractivity contribution in [2.24, 2.45) is 5.92 Å². The van der Waals surface area contributed by atoms with E-state index in [-0.39, 0.29) is 17.9 Å². The van der Waals surface area contributed by atoms with Crippen molar-refractivity contribution in [2.45, 2.75) is 84.8 Å². The van der Waals surface area contributed by atoms with E-state index in [0.717, 1.165) is 31.7 Å². The summed E-state index contributed by atoms with van der Waals surface area (Å²) < 4.78 is 66.5. The van der Waals surface area contributed by atoms with Crippen molar-refractivity contribution in [2.75, 3.05) is 13.2 Å². The van der Waals surface area contributed by atoms with Crippen LogP contribution in [-0.4, -0.2) is 19.0 Å². The molecule has 2 nitrogen and oxygen atoms in total. The van der Waals surface area contributed by atoms with E-state index < -0.39 is 29.1 Å². The van der Waals surface area contributed by atoms with Crippen LogP contribution < -0.4 is 0 Å². The number of benzene rings is 1. The second-order valence-corrected chi connectivity index (χ2v) is 7.30. The van der Waals surface area contributed by atoms with Crippen LogP contribution in [0.1, 0.15) is 78.2 Å². The predicted molar refractivity (Wildman–Crippen MR) is 103 cm³/mol. The summed E-state index contributed by atoms with van der Waals surface area (Å²) in [7, 11) is 0. The second-order valence-electron chi connectivity index (χ2n) is 7.30. The highest BCUT2D eigenvalue weighted by molar-refractivity contribution is 5.22. The lowest BCUT2D eigenvalue weighted by Crippen LogP contribution is -2.42. The third-order valence-corrected chi connectivity index (χ3v) is 5.15. The molecule has 6 heteroatoms. The average Bonchev–Trinajstić information content (AvgIpc) is 2.66. The molecule has 0 aliphatic rings. The lowest BCUT2D eigenvalue weighted by atomic mass is 9.86. The first kappa shape index (κ1) is 24.9. The van der Waals surface area contributed by atoms with Gasteiger partial charge in [0.15, 0.2) is 29.1 Å². The Morgan fingerprint density at radius 2 is 1.39 bits per heavy atom. The molecular formula is C22H34F4O2. The molecule has 1 atom stereocenters. The average molecular weight is 407 g/mol. The summed E-state index contributed by atoms with van der Waals surface area (Å²) in [6.07, 6.45) is 7.17. The zero-order chi connectivity index (χ0) is 21.2. The maximum atomic E-state index is 14.2. The molecule has 0 bridgehead atoms. The van der Waals surface area contributed by atoms with E-state index in [9.17, 15) is 17.6 Å². The molecule has 0 radical (unpaired) electrons. The summed E-state index contributed by atoms with van der Waals surface area (Å²) in [5, 5.41) is 0. The Labute approximate surface area is 166 Å². The first-order valence-electron chi connectivity index (χ1n) is 10.4. The Kier molecular flexibility index (Phi) is 11.1. The monoisotopic (exact) mass is 406 g/mol. The molecule has 0 spiro atoms. The van der Waals surface area contributed by atoms with Crippen LogP contribution in [0.5, 0.6) is 0 Å². The zero-order valence-electron chi connectivity index (χ0n) is 17.6. The molecule has 0 aliphatic heterocycles. The molecule has 1 rings (SSSR count). The summed E-state index contributed by atoms with van der Waals surface area (Å²) in [6, 6.07) is 0.736. The highest BCUT2D eigenvalue weighted by Gasteiger charge is 2.36. The third-order valence-electron chi connectivity index (χ3n) is 5.15. The van der Waals surface area contributed by atoms with Gasteiger partial charge in [0.05, 0.1) is 0 Å². The Hall–Kier alpha value is -1.14. The summed E-state index contributed by atoms with van der Waals surface area (Å²) in [5.41, 5.74) is -0.196. The van der Waals surface area contributed by atoms with Crippen LogP contribution in [0, 0.1) is 29.2 Å². The van der Waals surface area contributed by atoms with Crippen molar-refractivity contribution in [1.29, 1.82) is 0 Å². The van der Waals surface area contributed by atoms with E-state index in [4.69, 9.17) is 9.47 Å². The number of halogens is 4. The SMILES string of the molecule is CCCCCCCCC(Cc1cc(F)c(F)c(F)c1F)C(C)(OCC)OCC. The minimum absolute atomic E-state index is 0.00537. The molecule has 1 unspecified atom stereocenters. The molecule has 0 aliphatic carbocycles. The van der Waals surface area contributed by atoms with Crippen molar-refractivity contribution in [3.05, 3.63) is 34.9 Å². The van der Waals surface area contributed by atoms with Gasteiger partial charge >= 0.3 is 0 Å². The van der Waals surface area contributed by atoms with Gasteiger partial charge in [-0.2, -0.15) is 0 Å². The van der Waals surface area contributed by atoms with Gasteiger partial charge in [-0.1, -0.05) is 45.4 Å². The molecule has 0 amide bonds. The molecule has 0 N–H and O–H groups in total. The maximum Gasteiger partial charge on any atom is 0.197 e. The lowest BCUT2D eigenvalue weighted by Gasteiger charge is -2.37. The largest absolute Gasteiger partial charge is 0.350 e. The Morgan fingerprint density at radius 1 is 0.821 bits per heavy atom. The standard InChI is InChI=1S/C22H34F4O2/c1-5-8-9-10-11-12-13-17(22(4,27-6-2)28-7-3)14-16-15-18(23)20(25)21(26)19(16)24/h15,17H,5-14H2,1-4H3. The lowest BCUT2D eigenvalue weighted by molar-refractivity contribution is -0.253. The molecule has 1 aromatic carbocycles. The molecular weight excluding hydrogens is 372 g/mol. The van der Waals surface area contributed by atoms with Crippen molar-refractivity contribution >= 4 is 0 Å². The fraction of sp³-hybridized carbons (Fsp3) is 0.727. The van der Waals surface area contributed by atoms with Crippen LogP contribution in [0.3, 0.4) is 0 Å². The van der Waals surface area contributed by atoms with Crippen LogP contribution in [-0.2, 0) is 15.9 Å². The molecule has 162 valence electrons.